The number of carboxylic acid groups (broad SMARTS) is 1. The van der Waals surface area contributed by atoms with Crippen LogP contribution in [0.1, 0.15) is 5.56 Å². The lowest BCUT2D eigenvalue weighted by Crippen LogP contribution is -2.12. The minimum absolute atomic E-state index is 0.101. The molecule has 1 aromatic carbocycles. The number of hydrogen-bond donors (Lipinski definition) is 3. The quantitative estimate of drug-likeness (QED) is 0.697. The number of benzene rings is 1. The number of methoxy groups -OCH3 is 1. The number of carboxylic acids is 1. The van der Waals surface area contributed by atoms with Gasteiger partial charge in [0.25, 0.3) is 0 Å². The fraction of sp³-hybridized carbons (Fsp3) is 0.300. The van der Waals surface area contributed by atoms with Gasteiger partial charge in [-0.1, -0.05) is 0 Å². The van der Waals surface area contributed by atoms with E-state index in [2.05, 4.69) is 5.32 Å². The van der Waals surface area contributed by atoms with Crippen LogP contribution in [0.5, 0.6) is 11.5 Å². The Morgan fingerprint density at radius 2 is 2.20 bits per heavy atom. The Kier molecular flexibility index (Phi) is 3.38. The average Bonchev–Trinajstić information content (AvgIpc) is 2.19. The predicted molar refractivity (Wildman–Crippen MR) is 55.5 cm³/mol. The Morgan fingerprint density at radius 3 is 2.73 bits per heavy atom. The number of rotatable bonds is 4. The van der Waals surface area contributed by atoms with Crippen LogP contribution in [0, 0.1) is 6.92 Å². The molecule has 0 bridgehead atoms. The number of phenols is 1. The topological polar surface area (TPSA) is 78.8 Å². The summed E-state index contributed by atoms with van der Waals surface area (Å²) in [6.45, 7) is 1.51. The fourth-order valence-electron chi connectivity index (χ4n) is 1.15. The first-order chi connectivity index (χ1) is 7.04. The van der Waals surface area contributed by atoms with Gasteiger partial charge in [-0.2, -0.15) is 0 Å². The van der Waals surface area contributed by atoms with Crippen molar-refractivity contribution in [2.75, 3.05) is 19.0 Å². The predicted octanol–water partition coefficient (Wildman–Crippen LogP) is 1.21. The summed E-state index contributed by atoms with van der Waals surface area (Å²) in [6, 6.07) is 3.08. The molecule has 5 nitrogen and oxygen atoms in total. The second kappa shape index (κ2) is 4.54. The number of nitrogens with one attached hydrogen (secondary N) is 1. The molecule has 0 aliphatic rings. The molecule has 0 aliphatic heterocycles. The van der Waals surface area contributed by atoms with Gasteiger partial charge in [0, 0.05) is 6.07 Å². The largest absolute Gasteiger partial charge is 0.508 e. The molecule has 82 valence electrons. The van der Waals surface area contributed by atoms with Crippen LogP contribution >= 0.6 is 0 Å². The molecule has 1 rings (SSSR count). The van der Waals surface area contributed by atoms with Gasteiger partial charge >= 0.3 is 5.97 Å². The van der Waals surface area contributed by atoms with Crippen LogP contribution in [0.4, 0.5) is 5.69 Å². The molecule has 0 saturated heterocycles. The van der Waals surface area contributed by atoms with Gasteiger partial charge in [0.1, 0.15) is 18.0 Å². The van der Waals surface area contributed by atoms with Crippen molar-refractivity contribution in [3.63, 3.8) is 0 Å². The highest BCUT2D eigenvalue weighted by atomic mass is 16.5. The summed E-state index contributed by atoms with van der Waals surface area (Å²) in [5.74, 6) is -0.368. The zero-order chi connectivity index (χ0) is 11.4. The summed E-state index contributed by atoms with van der Waals surface area (Å²) in [7, 11) is 1.48. The second-order valence-electron chi connectivity index (χ2n) is 3.09. The molecule has 0 heterocycles. The third-order valence-electron chi connectivity index (χ3n) is 1.95. The second-order valence-corrected chi connectivity index (χ2v) is 3.09. The Bertz CT molecular complexity index is 376. The van der Waals surface area contributed by atoms with Gasteiger partial charge in [-0.25, -0.2) is 0 Å². The number of aryl methyl sites for hydroxylation is 1. The van der Waals surface area contributed by atoms with Gasteiger partial charge in [0.15, 0.2) is 0 Å². The molecule has 0 spiro atoms. The van der Waals surface area contributed by atoms with E-state index >= 15 is 0 Å². The minimum atomic E-state index is -0.975. The first-order valence-electron chi connectivity index (χ1n) is 4.38. The fourth-order valence-corrected chi connectivity index (χ4v) is 1.15. The molecule has 0 fully saturated rings. The molecule has 1 aromatic rings. The first-order valence-corrected chi connectivity index (χ1v) is 4.38. The Morgan fingerprint density at radius 1 is 1.53 bits per heavy atom. The molecule has 5 heteroatoms. The number of ether oxygens (including phenoxy) is 1. The first kappa shape index (κ1) is 11.2. The number of hydrogen-bond acceptors (Lipinski definition) is 4. The number of carbonyl (C=O) groups is 1. The average molecular weight is 211 g/mol. The normalized spacial score (nSPS) is 9.73. The van der Waals surface area contributed by atoms with Crippen LogP contribution in [0.25, 0.3) is 0 Å². The van der Waals surface area contributed by atoms with Crippen molar-refractivity contribution in [3.8, 4) is 11.5 Å². The maximum absolute atomic E-state index is 10.4. The minimum Gasteiger partial charge on any atom is -0.508 e. The van der Waals surface area contributed by atoms with E-state index in [0.29, 0.717) is 17.0 Å². The monoisotopic (exact) mass is 211 g/mol. The third kappa shape index (κ3) is 2.77. The number of aliphatic carboxylic acids is 1. The number of aromatic hydroxyl groups is 1. The van der Waals surface area contributed by atoms with Gasteiger partial charge in [0.05, 0.1) is 12.8 Å². The van der Waals surface area contributed by atoms with Gasteiger partial charge < -0.3 is 20.3 Å². The number of phenolic OH excluding ortho intramolecular Hbond substituents is 1. The summed E-state index contributed by atoms with van der Waals surface area (Å²) in [4.78, 5) is 10.4. The summed E-state index contributed by atoms with van der Waals surface area (Å²) in [6.07, 6.45) is 0. The molecule has 0 aromatic heterocycles. The van der Waals surface area contributed by atoms with E-state index in [1.54, 1.807) is 13.0 Å². The molecule has 3 N–H and O–H groups in total. The van der Waals surface area contributed by atoms with Crippen molar-refractivity contribution in [3.05, 3.63) is 17.7 Å². The van der Waals surface area contributed by atoms with Crippen LogP contribution in [-0.4, -0.2) is 29.8 Å². The Hall–Kier alpha value is -1.91. The van der Waals surface area contributed by atoms with Crippen LogP contribution in [0.2, 0.25) is 0 Å². The third-order valence-corrected chi connectivity index (χ3v) is 1.95. The van der Waals surface area contributed by atoms with Crippen molar-refractivity contribution < 1.29 is 19.7 Å². The maximum Gasteiger partial charge on any atom is 0.322 e. The molecule has 15 heavy (non-hydrogen) atoms. The van der Waals surface area contributed by atoms with Gasteiger partial charge in [-0.3, -0.25) is 4.79 Å². The van der Waals surface area contributed by atoms with Crippen molar-refractivity contribution in [2.24, 2.45) is 0 Å². The zero-order valence-electron chi connectivity index (χ0n) is 8.57. The number of anilines is 1. The maximum atomic E-state index is 10.4. The van der Waals surface area contributed by atoms with Crippen LogP contribution in [0.15, 0.2) is 12.1 Å². The van der Waals surface area contributed by atoms with Crippen LogP contribution in [-0.2, 0) is 4.79 Å². The Balaban J connectivity index is 2.94. The summed E-state index contributed by atoms with van der Waals surface area (Å²) in [5, 5.41) is 20.6. The van der Waals surface area contributed by atoms with Crippen molar-refractivity contribution >= 4 is 11.7 Å². The lowest BCUT2D eigenvalue weighted by atomic mass is 10.2. The molecule has 0 unspecified atom stereocenters. The lowest BCUT2D eigenvalue weighted by Gasteiger charge is -2.11. The molecule has 0 radical (unpaired) electrons. The molecule has 0 aliphatic carbocycles. The summed E-state index contributed by atoms with van der Waals surface area (Å²) in [5.41, 5.74) is 1.13. The Labute approximate surface area is 87.3 Å². The standard InChI is InChI=1S/C10H13NO4/c1-6-3-9(15-2)7(4-8(6)12)11-5-10(13)14/h3-4,11-12H,5H2,1-2H3,(H,13,14). The van der Waals surface area contributed by atoms with E-state index in [9.17, 15) is 9.90 Å². The van der Waals surface area contributed by atoms with Crippen LogP contribution < -0.4 is 10.1 Å². The van der Waals surface area contributed by atoms with Crippen molar-refractivity contribution in [1.29, 1.82) is 0 Å². The molecule has 0 saturated carbocycles. The van der Waals surface area contributed by atoms with Crippen LogP contribution in [0.3, 0.4) is 0 Å². The SMILES string of the molecule is COc1cc(C)c(O)cc1NCC(=O)O. The zero-order valence-corrected chi connectivity index (χ0v) is 8.57. The van der Waals surface area contributed by atoms with E-state index in [1.807, 2.05) is 0 Å². The lowest BCUT2D eigenvalue weighted by molar-refractivity contribution is -0.134. The summed E-state index contributed by atoms with van der Waals surface area (Å²) < 4.78 is 5.05. The van der Waals surface area contributed by atoms with Gasteiger partial charge in [-0.15, -0.1) is 0 Å². The van der Waals surface area contributed by atoms with Gasteiger partial charge in [-0.05, 0) is 18.6 Å². The van der Waals surface area contributed by atoms with E-state index in [1.165, 1.54) is 13.2 Å². The summed E-state index contributed by atoms with van der Waals surface area (Å²) >= 11 is 0. The van der Waals surface area contributed by atoms with Gasteiger partial charge in [0.2, 0.25) is 0 Å². The highest BCUT2D eigenvalue weighted by molar-refractivity contribution is 5.74. The highest BCUT2D eigenvalue weighted by Gasteiger charge is 2.07. The van der Waals surface area contributed by atoms with E-state index < -0.39 is 5.97 Å². The smallest absolute Gasteiger partial charge is 0.322 e. The van der Waals surface area contributed by atoms with Crippen molar-refractivity contribution in [2.45, 2.75) is 6.92 Å². The van der Waals surface area contributed by atoms with E-state index in [-0.39, 0.29) is 12.3 Å². The molecule has 0 amide bonds. The van der Waals surface area contributed by atoms with E-state index in [0.717, 1.165) is 0 Å². The molecular formula is C10H13NO4. The molecular weight excluding hydrogens is 198 g/mol. The van der Waals surface area contributed by atoms with Crippen molar-refractivity contribution in [1.82, 2.24) is 0 Å². The molecule has 0 atom stereocenters. The highest BCUT2D eigenvalue weighted by Crippen LogP contribution is 2.31. The van der Waals surface area contributed by atoms with E-state index in [4.69, 9.17) is 9.84 Å².